The van der Waals surface area contributed by atoms with Crippen LogP contribution in [0.2, 0.25) is 0 Å². The summed E-state index contributed by atoms with van der Waals surface area (Å²) < 4.78 is 11.1. The number of hydrogen-bond acceptors (Lipinski definition) is 3. The SMILES string of the molecule is CCOCC(NC)c1ccccc1OCC. The van der Waals surface area contributed by atoms with E-state index in [-0.39, 0.29) is 6.04 Å². The van der Waals surface area contributed by atoms with Gasteiger partial charge in [0, 0.05) is 12.2 Å². The van der Waals surface area contributed by atoms with E-state index in [1.807, 2.05) is 39.1 Å². The molecule has 0 aliphatic heterocycles. The third-order valence-corrected chi connectivity index (χ3v) is 2.43. The van der Waals surface area contributed by atoms with E-state index in [0.717, 1.165) is 17.9 Å². The van der Waals surface area contributed by atoms with Crippen LogP contribution in [0.5, 0.6) is 5.75 Å². The molecule has 0 aliphatic carbocycles. The molecule has 0 spiro atoms. The van der Waals surface area contributed by atoms with Crippen molar-refractivity contribution in [2.45, 2.75) is 19.9 Å². The van der Waals surface area contributed by atoms with Gasteiger partial charge in [0.05, 0.1) is 19.3 Å². The van der Waals surface area contributed by atoms with E-state index in [0.29, 0.717) is 13.2 Å². The van der Waals surface area contributed by atoms with Gasteiger partial charge in [-0.25, -0.2) is 0 Å². The fourth-order valence-electron chi connectivity index (χ4n) is 1.62. The second kappa shape index (κ2) is 7.25. The van der Waals surface area contributed by atoms with E-state index < -0.39 is 0 Å². The first-order valence-corrected chi connectivity index (χ1v) is 5.80. The lowest BCUT2D eigenvalue weighted by Crippen LogP contribution is -2.22. The van der Waals surface area contributed by atoms with Crippen LogP contribution in [0, 0.1) is 0 Å². The highest BCUT2D eigenvalue weighted by Crippen LogP contribution is 2.25. The molecule has 1 rings (SSSR count). The van der Waals surface area contributed by atoms with Gasteiger partial charge in [-0.05, 0) is 27.0 Å². The Labute approximate surface area is 97.8 Å². The van der Waals surface area contributed by atoms with Gasteiger partial charge in [-0.3, -0.25) is 0 Å². The molecule has 0 radical (unpaired) electrons. The van der Waals surface area contributed by atoms with E-state index >= 15 is 0 Å². The molecular formula is C13H21NO2. The number of nitrogens with one attached hydrogen (secondary N) is 1. The molecule has 16 heavy (non-hydrogen) atoms. The van der Waals surface area contributed by atoms with Crippen molar-refractivity contribution in [2.24, 2.45) is 0 Å². The third-order valence-electron chi connectivity index (χ3n) is 2.43. The maximum atomic E-state index is 5.60. The monoisotopic (exact) mass is 223 g/mol. The Kier molecular flexibility index (Phi) is 5.90. The summed E-state index contributed by atoms with van der Waals surface area (Å²) in [6.45, 7) is 6.07. The first-order valence-electron chi connectivity index (χ1n) is 5.80. The number of benzene rings is 1. The molecule has 90 valence electrons. The van der Waals surface area contributed by atoms with Gasteiger partial charge in [0.2, 0.25) is 0 Å². The lowest BCUT2D eigenvalue weighted by Gasteiger charge is -2.19. The van der Waals surface area contributed by atoms with Gasteiger partial charge >= 0.3 is 0 Å². The van der Waals surface area contributed by atoms with Gasteiger partial charge < -0.3 is 14.8 Å². The van der Waals surface area contributed by atoms with E-state index in [1.165, 1.54) is 0 Å². The maximum absolute atomic E-state index is 5.60. The average molecular weight is 223 g/mol. The van der Waals surface area contributed by atoms with Crippen molar-refractivity contribution < 1.29 is 9.47 Å². The summed E-state index contributed by atoms with van der Waals surface area (Å²) in [5.74, 6) is 0.934. The number of ether oxygens (including phenoxy) is 2. The Balaban J connectivity index is 2.81. The van der Waals surface area contributed by atoms with Gasteiger partial charge in [-0.15, -0.1) is 0 Å². The standard InChI is InChI=1S/C13H21NO2/c1-4-15-10-12(14-3)11-8-6-7-9-13(11)16-5-2/h6-9,12,14H,4-5,10H2,1-3H3. The zero-order valence-electron chi connectivity index (χ0n) is 10.3. The van der Waals surface area contributed by atoms with Crippen LogP contribution in [0.15, 0.2) is 24.3 Å². The van der Waals surface area contributed by atoms with Crippen LogP contribution in [0.3, 0.4) is 0 Å². The largest absolute Gasteiger partial charge is 0.494 e. The van der Waals surface area contributed by atoms with Gasteiger partial charge in [0.15, 0.2) is 0 Å². The second-order valence-electron chi connectivity index (χ2n) is 3.47. The Hall–Kier alpha value is -1.06. The summed E-state index contributed by atoms with van der Waals surface area (Å²) in [4.78, 5) is 0. The van der Waals surface area contributed by atoms with Crippen molar-refractivity contribution in [1.82, 2.24) is 5.32 Å². The van der Waals surface area contributed by atoms with Gasteiger partial charge in [0.25, 0.3) is 0 Å². The zero-order chi connectivity index (χ0) is 11.8. The highest BCUT2D eigenvalue weighted by Gasteiger charge is 2.13. The van der Waals surface area contributed by atoms with Crippen molar-refractivity contribution in [1.29, 1.82) is 0 Å². The predicted molar refractivity (Wildman–Crippen MR) is 65.9 cm³/mol. The molecule has 3 nitrogen and oxygen atoms in total. The van der Waals surface area contributed by atoms with E-state index in [1.54, 1.807) is 0 Å². The molecule has 1 aromatic rings. The summed E-state index contributed by atoms with van der Waals surface area (Å²) in [7, 11) is 1.94. The number of para-hydroxylation sites is 1. The molecule has 0 saturated carbocycles. The minimum Gasteiger partial charge on any atom is -0.494 e. The Morgan fingerprint density at radius 3 is 2.56 bits per heavy atom. The molecule has 1 unspecified atom stereocenters. The van der Waals surface area contributed by atoms with Crippen LogP contribution >= 0.6 is 0 Å². The van der Waals surface area contributed by atoms with Crippen molar-refractivity contribution >= 4 is 0 Å². The Bertz CT molecular complexity index is 302. The summed E-state index contributed by atoms with van der Waals surface area (Å²) in [6, 6.07) is 8.26. The van der Waals surface area contributed by atoms with E-state index in [9.17, 15) is 0 Å². The first kappa shape index (κ1) is 13.0. The van der Waals surface area contributed by atoms with Gasteiger partial charge in [0.1, 0.15) is 5.75 Å². The fourth-order valence-corrected chi connectivity index (χ4v) is 1.62. The molecule has 0 fully saturated rings. The fraction of sp³-hybridized carbons (Fsp3) is 0.538. The molecule has 1 atom stereocenters. The maximum Gasteiger partial charge on any atom is 0.124 e. The molecule has 0 saturated heterocycles. The van der Waals surface area contributed by atoms with E-state index in [2.05, 4.69) is 11.4 Å². The normalized spacial score (nSPS) is 12.4. The van der Waals surface area contributed by atoms with Gasteiger partial charge in [-0.1, -0.05) is 18.2 Å². The van der Waals surface area contributed by atoms with Gasteiger partial charge in [-0.2, -0.15) is 0 Å². The van der Waals surface area contributed by atoms with E-state index in [4.69, 9.17) is 9.47 Å². The summed E-state index contributed by atoms with van der Waals surface area (Å²) in [5, 5.41) is 3.25. The number of rotatable bonds is 7. The quantitative estimate of drug-likeness (QED) is 0.770. The number of likely N-dealkylation sites (N-methyl/N-ethyl adjacent to an activating group) is 1. The second-order valence-corrected chi connectivity index (χ2v) is 3.47. The van der Waals surface area contributed by atoms with Crippen LogP contribution < -0.4 is 10.1 Å². The molecule has 1 aromatic carbocycles. The minimum atomic E-state index is 0.183. The Morgan fingerprint density at radius 1 is 1.19 bits per heavy atom. The van der Waals surface area contributed by atoms with Crippen molar-refractivity contribution in [2.75, 3.05) is 26.9 Å². The zero-order valence-corrected chi connectivity index (χ0v) is 10.3. The third kappa shape index (κ3) is 3.51. The highest BCUT2D eigenvalue weighted by molar-refractivity contribution is 5.36. The van der Waals surface area contributed by atoms with Crippen LogP contribution in [0.4, 0.5) is 0 Å². The first-order chi connectivity index (χ1) is 7.83. The molecule has 0 bridgehead atoms. The molecule has 3 heteroatoms. The smallest absolute Gasteiger partial charge is 0.124 e. The number of hydrogen-bond donors (Lipinski definition) is 1. The molecule has 1 N–H and O–H groups in total. The topological polar surface area (TPSA) is 30.5 Å². The molecule has 0 aliphatic rings. The van der Waals surface area contributed by atoms with Crippen molar-refractivity contribution in [3.8, 4) is 5.75 Å². The minimum absolute atomic E-state index is 0.183. The highest BCUT2D eigenvalue weighted by atomic mass is 16.5. The van der Waals surface area contributed by atoms with Crippen molar-refractivity contribution in [3.63, 3.8) is 0 Å². The summed E-state index contributed by atoms with van der Waals surface area (Å²) in [5.41, 5.74) is 1.15. The summed E-state index contributed by atoms with van der Waals surface area (Å²) in [6.07, 6.45) is 0. The van der Waals surface area contributed by atoms with Crippen LogP contribution in [0.1, 0.15) is 25.5 Å². The van der Waals surface area contributed by atoms with Crippen LogP contribution in [-0.2, 0) is 4.74 Å². The lowest BCUT2D eigenvalue weighted by atomic mass is 10.1. The van der Waals surface area contributed by atoms with Crippen molar-refractivity contribution in [3.05, 3.63) is 29.8 Å². The Morgan fingerprint density at radius 2 is 1.94 bits per heavy atom. The lowest BCUT2D eigenvalue weighted by molar-refractivity contribution is 0.124. The predicted octanol–water partition coefficient (Wildman–Crippen LogP) is 2.38. The molecule has 0 heterocycles. The molecule has 0 aromatic heterocycles. The molecule has 0 amide bonds. The molecular weight excluding hydrogens is 202 g/mol. The van der Waals surface area contributed by atoms with Crippen LogP contribution in [-0.4, -0.2) is 26.9 Å². The average Bonchev–Trinajstić information content (AvgIpc) is 2.32. The summed E-state index contributed by atoms with van der Waals surface area (Å²) >= 11 is 0. The van der Waals surface area contributed by atoms with Crippen LogP contribution in [0.25, 0.3) is 0 Å².